The Labute approximate surface area is 95.4 Å². The number of hydrogen-bond acceptors (Lipinski definition) is 3. The van der Waals surface area contributed by atoms with Crippen LogP contribution < -0.4 is 0 Å². The van der Waals surface area contributed by atoms with Gasteiger partial charge >= 0.3 is 5.97 Å². The van der Waals surface area contributed by atoms with Gasteiger partial charge in [0, 0.05) is 6.08 Å². The number of hydrogen-bond donors (Lipinski definition) is 1. The zero-order chi connectivity index (χ0) is 12.0. The number of rotatable bonds is 5. The maximum atomic E-state index is 11.1. The number of phenols is 1. The molecule has 3 nitrogen and oxygen atoms in total. The third-order valence-electron chi connectivity index (χ3n) is 2.24. The fourth-order valence-electron chi connectivity index (χ4n) is 1.43. The number of esters is 1. The molecule has 0 heterocycles. The van der Waals surface area contributed by atoms with E-state index in [2.05, 4.69) is 6.58 Å². The molecule has 1 rings (SSSR count). The van der Waals surface area contributed by atoms with E-state index in [0.717, 1.165) is 24.5 Å². The van der Waals surface area contributed by atoms with Crippen LogP contribution in [0, 0.1) is 0 Å². The molecular weight excluding hydrogens is 204 g/mol. The minimum Gasteiger partial charge on any atom is -0.508 e. The molecule has 0 saturated heterocycles. The zero-order valence-corrected chi connectivity index (χ0v) is 9.35. The fourth-order valence-corrected chi connectivity index (χ4v) is 1.43. The number of aromatic hydroxyl groups is 1. The van der Waals surface area contributed by atoms with Crippen molar-refractivity contribution >= 4 is 5.97 Å². The van der Waals surface area contributed by atoms with Gasteiger partial charge in [0.25, 0.3) is 0 Å². The average molecular weight is 220 g/mol. The van der Waals surface area contributed by atoms with Crippen molar-refractivity contribution in [2.24, 2.45) is 0 Å². The Balaban J connectivity index is 2.80. The van der Waals surface area contributed by atoms with Gasteiger partial charge in [-0.15, -0.1) is 0 Å². The quantitative estimate of drug-likeness (QED) is 0.613. The normalized spacial score (nSPS) is 11.8. The SMILES string of the molecule is C=CC(=O)OC(CCC)c1ccc(O)cc1. The van der Waals surface area contributed by atoms with Gasteiger partial charge in [-0.2, -0.15) is 0 Å². The summed E-state index contributed by atoms with van der Waals surface area (Å²) >= 11 is 0. The van der Waals surface area contributed by atoms with Crippen LogP contribution in [0.5, 0.6) is 5.75 Å². The zero-order valence-electron chi connectivity index (χ0n) is 9.35. The van der Waals surface area contributed by atoms with E-state index in [1.165, 1.54) is 0 Å². The van der Waals surface area contributed by atoms with Gasteiger partial charge in [0.15, 0.2) is 0 Å². The molecule has 0 aliphatic heterocycles. The van der Waals surface area contributed by atoms with Crippen molar-refractivity contribution in [3.8, 4) is 5.75 Å². The third-order valence-corrected chi connectivity index (χ3v) is 2.24. The number of ether oxygens (including phenoxy) is 1. The van der Waals surface area contributed by atoms with Crippen LogP contribution in [0.1, 0.15) is 31.4 Å². The fraction of sp³-hybridized carbons (Fsp3) is 0.308. The molecule has 0 radical (unpaired) electrons. The summed E-state index contributed by atoms with van der Waals surface area (Å²) in [6, 6.07) is 6.68. The van der Waals surface area contributed by atoms with Gasteiger partial charge in [-0.05, 0) is 24.1 Å². The van der Waals surface area contributed by atoms with Gasteiger partial charge in [0.2, 0.25) is 0 Å². The summed E-state index contributed by atoms with van der Waals surface area (Å²) in [5, 5.41) is 9.17. The van der Waals surface area contributed by atoms with Crippen LogP contribution >= 0.6 is 0 Å². The van der Waals surface area contributed by atoms with Crippen molar-refractivity contribution in [1.29, 1.82) is 0 Å². The summed E-state index contributed by atoms with van der Waals surface area (Å²) in [6.07, 6.45) is 2.56. The summed E-state index contributed by atoms with van der Waals surface area (Å²) in [6.45, 7) is 5.39. The molecule has 0 amide bonds. The van der Waals surface area contributed by atoms with Crippen LogP contribution in [-0.2, 0) is 9.53 Å². The van der Waals surface area contributed by atoms with Crippen LogP contribution in [0.2, 0.25) is 0 Å². The number of phenolic OH excluding ortho intramolecular Hbond substituents is 1. The Morgan fingerprint density at radius 1 is 1.50 bits per heavy atom. The summed E-state index contributed by atoms with van der Waals surface area (Å²) in [7, 11) is 0. The number of carbonyl (C=O) groups excluding carboxylic acids is 1. The number of carbonyl (C=O) groups is 1. The van der Waals surface area contributed by atoms with E-state index in [-0.39, 0.29) is 11.9 Å². The highest BCUT2D eigenvalue weighted by Crippen LogP contribution is 2.24. The summed E-state index contributed by atoms with van der Waals surface area (Å²) in [4.78, 5) is 11.1. The maximum Gasteiger partial charge on any atom is 0.330 e. The van der Waals surface area contributed by atoms with E-state index in [1.54, 1.807) is 24.3 Å². The second kappa shape index (κ2) is 5.95. The molecule has 0 spiro atoms. The Morgan fingerprint density at radius 3 is 2.62 bits per heavy atom. The van der Waals surface area contributed by atoms with Crippen molar-refractivity contribution < 1.29 is 14.6 Å². The van der Waals surface area contributed by atoms with Crippen molar-refractivity contribution in [2.45, 2.75) is 25.9 Å². The van der Waals surface area contributed by atoms with Gasteiger partial charge in [0.05, 0.1) is 0 Å². The van der Waals surface area contributed by atoms with Crippen molar-refractivity contribution in [3.05, 3.63) is 42.5 Å². The van der Waals surface area contributed by atoms with E-state index in [4.69, 9.17) is 4.74 Å². The molecule has 3 heteroatoms. The van der Waals surface area contributed by atoms with Crippen LogP contribution in [0.15, 0.2) is 36.9 Å². The topological polar surface area (TPSA) is 46.5 Å². The molecule has 0 bridgehead atoms. The molecule has 0 aromatic heterocycles. The predicted molar refractivity (Wildman–Crippen MR) is 62.0 cm³/mol. The molecule has 86 valence electrons. The first-order chi connectivity index (χ1) is 7.67. The lowest BCUT2D eigenvalue weighted by molar-refractivity contribution is -0.143. The molecule has 1 unspecified atom stereocenters. The van der Waals surface area contributed by atoms with Gasteiger partial charge in [-0.3, -0.25) is 0 Å². The summed E-state index contributed by atoms with van der Waals surface area (Å²) in [5.41, 5.74) is 0.884. The molecule has 0 aliphatic rings. The van der Waals surface area contributed by atoms with E-state index in [9.17, 15) is 9.90 Å². The highest BCUT2D eigenvalue weighted by atomic mass is 16.5. The van der Waals surface area contributed by atoms with Gasteiger partial charge < -0.3 is 9.84 Å². The molecule has 1 atom stereocenters. The van der Waals surface area contributed by atoms with Crippen molar-refractivity contribution in [2.75, 3.05) is 0 Å². The van der Waals surface area contributed by atoms with Crippen LogP contribution in [0.25, 0.3) is 0 Å². The predicted octanol–water partition coefficient (Wildman–Crippen LogP) is 2.96. The maximum absolute atomic E-state index is 11.1. The second-order valence-electron chi connectivity index (χ2n) is 3.51. The van der Waals surface area contributed by atoms with E-state index < -0.39 is 5.97 Å². The standard InChI is InChI=1S/C13H16O3/c1-3-5-12(16-13(15)4-2)10-6-8-11(14)9-7-10/h4,6-9,12,14H,2-3,5H2,1H3. The first-order valence-electron chi connectivity index (χ1n) is 5.29. The molecule has 1 aromatic rings. The average Bonchev–Trinajstić information content (AvgIpc) is 2.29. The lowest BCUT2D eigenvalue weighted by atomic mass is 10.1. The van der Waals surface area contributed by atoms with Gasteiger partial charge in [-0.1, -0.05) is 32.1 Å². The minimum absolute atomic E-state index is 0.203. The van der Waals surface area contributed by atoms with Crippen molar-refractivity contribution in [3.63, 3.8) is 0 Å². The molecule has 0 fully saturated rings. The van der Waals surface area contributed by atoms with Crippen LogP contribution in [-0.4, -0.2) is 11.1 Å². The molecule has 1 N–H and O–H groups in total. The minimum atomic E-state index is -0.425. The van der Waals surface area contributed by atoms with Crippen molar-refractivity contribution in [1.82, 2.24) is 0 Å². The lowest BCUT2D eigenvalue weighted by Crippen LogP contribution is -2.08. The molecule has 0 aliphatic carbocycles. The highest BCUT2D eigenvalue weighted by molar-refractivity contribution is 5.81. The Kier molecular flexibility index (Phi) is 4.58. The first kappa shape index (κ1) is 12.3. The van der Waals surface area contributed by atoms with Crippen LogP contribution in [0.3, 0.4) is 0 Å². The van der Waals surface area contributed by atoms with E-state index >= 15 is 0 Å². The molecule has 1 aromatic carbocycles. The van der Waals surface area contributed by atoms with Crippen LogP contribution in [0.4, 0.5) is 0 Å². The smallest absolute Gasteiger partial charge is 0.330 e. The Morgan fingerprint density at radius 2 is 2.12 bits per heavy atom. The Bertz CT molecular complexity index is 354. The third kappa shape index (κ3) is 3.42. The Hall–Kier alpha value is -1.77. The largest absolute Gasteiger partial charge is 0.508 e. The molecular formula is C13H16O3. The van der Waals surface area contributed by atoms with E-state index in [1.807, 2.05) is 6.92 Å². The number of benzene rings is 1. The monoisotopic (exact) mass is 220 g/mol. The molecule has 16 heavy (non-hydrogen) atoms. The van der Waals surface area contributed by atoms with Gasteiger partial charge in [-0.25, -0.2) is 4.79 Å². The molecule has 0 saturated carbocycles. The summed E-state index contributed by atoms with van der Waals surface area (Å²) < 4.78 is 5.23. The van der Waals surface area contributed by atoms with Gasteiger partial charge in [0.1, 0.15) is 11.9 Å². The first-order valence-corrected chi connectivity index (χ1v) is 5.29. The lowest BCUT2D eigenvalue weighted by Gasteiger charge is -2.16. The second-order valence-corrected chi connectivity index (χ2v) is 3.51. The van der Waals surface area contributed by atoms with E-state index in [0.29, 0.717) is 0 Å². The summed E-state index contributed by atoms with van der Waals surface area (Å²) in [5.74, 6) is -0.222. The highest BCUT2D eigenvalue weighted by Gasteiger charge is 2.14.